The van der Waals surface area contributed by atoms with Crippen molar-refractivity contribution in [3.63, 3.8) is 0 Å². The molecule has 1 atom stereocenters. The number of phenols is 3. The number of nitrogens with one attached hydrogen (secondary N) is 1. The fourth-order valence-corrected chi connectivity index (χ4v) is 1.66. The first-order chi connectivity index (χ1) is 8.47. The number of hydrogen-bond donors (Lipinski definition) is 4. The largest absolute Gasteiger partial charge is 0.504 e. The normalized spacial score (nSPS) is 12.9. The van der Waals surface area contributed by atoms with Crippen molar-refractivity contribution in [1.82, 2.24) is 5.32 Å². The van der Waals surface area contributed by atoms with Crippen LogP contribution in [0.2, 0.25) is 0 Å². The molecular weight excluding hydrogens is 234 g/mol. The standard InChI is InChI=1S/C13H21NO4/c1-8(2)10(7-18-3)14-6-9-4-5-11(15)13(17)12(9)16/h4-5,8,10,14-17H,6-7H2,1-3H3. The van der Waals surface area contributed by atoms with Crippen molar-refractivity contribution in [2.75, 3.05) is 13.7 Å². The molecule has 0 saturated carbocycles. The zero-order valence-corrected chi connectivity index (χ0v) is 11.0. The van der Waals surface area contributed by atoms with Crippen LogP contribution in [0, 0.1) is 5.92 Å². The molecular formula is C13H21NO4. The number of ether oxygens (including phenoxy) is 1. The van der Waals surface area contributed by atoms with Crippen LogP contribution in [0.5, 0.6) is 17.2 Å². The summed E-state index contributed by atoms with van der Waals surface area (Å²) in [7, 11) is 1.64. The van der Waals surface area contributed by atoms with E-state index in [2.05, 4.69) is 19.2 Å². The number of aromatic hydroxyl groups is 3. The third kappa shape index (κ3) is 3.51. The van der Waals surface area contributed by atoms with Gasteiger partial charge in [-0.15, -0.1) is 0 Å². The molecule has 0 fully saturated rings. The minimum atomic E-state index is -0.484. The van der Waals surface area contributed by atoms with Gasteiger partial charge in [-0.1, -0.05) is 19.9 Å². The van der Waals surface area contributed by atoms with Gasteiger partial charge in [0.2, 0.25) is 5.75 Å². The summed E-state index contributed by atoms with van der Waals surface area (Å²) in [5, 5.41) is 31.6. The van der Waals surface area contributed by atoms with E-state index < -0.39 is 5.75 Å². The molecule has 0 saturated heterocycles. The molecule has 1 aromatic rings. The van der Waals surface area contributed by atoms with Gasteiger partial charge in [-0.05, 0) is 12.0 Å². The van der Waals surface area contributed by atoms with Crippen LogP contribution in [-0.2, 0) is 11.3 Å². The van der Waals surface area contributed by atoms with Crippen molar-refractivity contribution in [3.05, 3.63) is 17.7 Å². The van der Waals surface area contributed by atoms with Crippen LogP contribution in [0.25, 0.3) is 0 Å². The Bertz CT molecular complexity index is 393. The summed E-state index contributed by atoms with van der Waals surface area (Å²) >= 11 is 0. The van der Waals surface area contributed by atoms with Gasteiger partial charge in [-0.2, -0.15) is 0 Å². The van der Waals surface area contributed by atoms with Gasteiger partial charge in [0.05, 0.1) is 6.61 Å². The van der Waals surface area contributed by atoms with E-state index >= 15 is 0 Å². The van der Waals surface area contributed by atoms with Crippen molar-refractivity contribution in [2.24, 2.45) is 5.92 Å². The summed E-state index contributed by atoms with van der Waals surface area (Å²) in [5.41, 5.74) is 0.534. The zero-order valence-electron chi connectivity index (χ0n) is 11.0. The van der Waals surface area contributed by atoms with E-state index in [1.54, 1.807) is 13.2 Å². The van der Waals surface area contributed by atoms with Gasteiger partial charge >= 0.3 is 0 Å². The molecule has 0 aliphatic rings. The monoisotopic (exact) mass is 255 g/mol. The molecule has 5 heteroatoms. The Hall–Kier alpha value is -1.46. The van der Waals surface area contributed by atoms with Gasteiger partial charge in [0, 0.05) is 25.3 Å². The summed E-state index contributed by atoms with van der Waals surface area (Å²) in [6.07, 6.45) is 0. The van der Waals surface area contributed by atoms with Crippen molar-refractivity contribution in [2.45, 2.75) is 26.4 Å². The van der Waals surface area contributed by atoms with Crippen LogP contribution in [0.3, 0.4) is 0 Å². The lowest BCUT2D eigenvalue weighted by Gasteiger charge is -2.22. The highest BCUT2D eigenvalue weighted by Crippen LogP contribution is 2.36. The quantitative estimate of drug-likeness (QED) is 0.580. The maximum Gasteiger partial charge on any atom is 0.200 e. The van der Waals surface area contributed by atoms with Gasteiger partial charge in [0.25, 0.3) is 0 Å². The van der Waals surface area contributed by atoms with Crippen LogP contribution in [0.15, 0.2) is 12.1 Å². The van der Waals surface area contributed by atoms with Crippen molar-refractivity contribution in [1.29, 1.82) is 0 Å². The van der Waals surface area contributed by atoms with Crippen LogP contribution < -0.4 is 5.32 Å². The Morgan fingerprint density at radius 1 is 1.17 bits per heavy atom. The molecule has 102 valence electrons. The fourth-order valence-electron chi connectivity index (χ4n) is 1.66. The lowest BCUT2D eigenvalue weighted by molar-refractivity contribution is 0.146. The van der Waals surface area contributed by atoms with Crippen LogP contribution in [0.1, 0.15) is 19.4 Å². The van der Waals surface area contributed by atoms with E-state index in [4.69, 9.17) is 4.74 Å². The summed E-state index contributed by atoms with van der Waals surface area (Å²) in [6.45, 7) is 5.12. The summed E-state index contributed by atoms with van der Waals surface area (Å²) < 4.78 is 5.11. The fraction of sp³-hybridized carbons (Fsp3) is 0.538. The first-order valence-corrected chi connectivity index (χ1v) is 5.92. The minimum Gasteiger partial charge on any atom is -0.504 e. The molecule has 5 nitrogen and oxygen atoms in total. The van der Waals surface area contributed by atoms with E-state index in [0.717, 1.165) is 0 Å². The van der Waals surface area contributed by atoms with E-state index in [0.29, 0.717) is 24.6 Å². The Morgan fingerprint density at radius 2 is 1.83 bits per heavy atom. The average molecular weight is 255 g/mol. The first kappa shape index (κ1) is 14.6. The number of phenolic OH excluding ortho intramolecular Hbond substituents is 3. The third-order valence-electron chi connectivity index (χ3n) is 2.92. The highest BCUT2D eigenvalue weighted by atomic mass is 16.5. The molecule has 0 amide bonds. The van der Waals surface area contributed by atoms with Gasteiger partial charge in [0.1, 0.15) is 0 Å². The summed E-state index contributed by atoms with van der Waals surface area (Å²) in [6, 6.07) is 3.08. The molecule has 1 unspecified atom stereocenters. The number of hydrogen-bond acceptors (Lipinski definition) is 5. The first-order valence-electron chi connectivity index (χ1n) is 5.92. The minimum absolute atomic E-state index is 0.158. The van der Waals surface area contributed by atoms with Gasteiger partial charge in [-0.25, -0.2) is 0 Å². The number of rotatable bonds is 6. The van der Waals surface area contributed by atoms with Crippen LogP contribution in [0.4, 0.5) is 0 Å². The molecule has 18 heavy (non-hydrogen) atoms. The molecule has 1 rings (SSSR count). The molecule has 0 aromatic heterocycles. The molecule has 0 aliphatic heterocycles. The topological polar surface area (TPSA) is 82.0 Å². The Labute approximate surface area is 107 Å². The highest BCUT2D eigenvalue weighted by Gasteiger charge is 2.15. The zero-order chi connectivity index (χ0) is 13.7. The van der Waals surface area contributed by atoms with E-state index in [9.17, 15) is 15.3 Å². The molecule has 0 bridgehead atoms. The Balaban J connectivity index is 2.70. The molecule has 0 radical (unpaired) electrons. The van der Waals surface area contributed by atoms with Crippen molar-refractivity contribution >= 4 is 0 Å². The second-order valence-corrected chi connectivity index (χ2v) is 4.63. The molecule has 0 spiro atoms. The molecule has 0 aliphatic carbocycles. The highest BCUT2D eigenvalue weighted by molar-refractivity contribution is 5.52. The van der Waals surface area contributed by atoms with Gasteiger partial charge < -0.3 is 25.4 Å². The lowest BCUT2D eigenvalue weighted by atomic mass is 10.0. The smallest absolute Gasteiger partial charge is 0.200 e. The van der Waals surface area contributed by atoms with Crippen molar-refractivity contribution < 1.29 is 20.1 Å². The summed E-state index contributed by atoms with van der Waals surface area (Å²) in [4.78, 5) is 0. The number of benzene rings is 1. The second-order valence-electron chi connectivity index (χ2n) is 4.63. The third-order valence-corrected chi connectivity index (χ3v) is 2.92. The van der Waals surface area contributed by atoms with E-state index in [1.807, 2.05) is 0 Å². The molecule has 0 heterocycles. The second kappa shape index (κ2) is 6.47. The van der Waals surface area contributed by atoms with Gasteiger partial charge in [-0.3, -0.25) is 0 Å². The predicted octanol–water partition coefficient (Wildman–Crippen LogP) is 1.56. The number of methoxy groups -OCH3 is 1. The predicted molar refractivity (Wildman–Crippen MR) is 68.8 cm³/mol. The Kier molecular flexibility index (Phi) is 5.25. The van der Waals surface area contributed by atoms with Crippen LogP contribution >= 0.6 is 0 Å². The van der Waals surface area contributed by atoms with Crippen LogP contribution in [-0.4, -0.2) is 35.1 Å². The van der Waals surface area contributed by atoms with E-state index in [-0.39, 0.29) is 17.5 Å². The maximum atomic E-state index is 9.68. The maximum absolute atomic E-state index is 9.68. The SMILES string of the molecule is COCC(NCc1ccc(O)c(O)c1O)C(C)C. The molecule has 4 N–H and O–H groups in total. The average Bonchev–Trinajstić information content (AvgIpc) is 2.33. The van der Waals surface area contributed by atoms with E-state index in [1.165, 1.54) is 6.07 Å². The lowest BCUT2D eigenvalue weighted by Crippen LogP contribution is -2.37. The van der Waals surface area contributed by atoms with Gasteiger partial charge in [0.15, 0.2) is 11.5 Å². The summed E-state index contributed by atoms with van der Waals surface area (Å²) in [5.74, 6) is -0.712. The van der Waals surface area contributed by atoms with Crippen molar-refractivity contribution in [3.8, 4) is 17.2 Å². The Morgan fingerprint density at radius 3 is 2.39 bits per heavy atom. The molecule has 1 aromatic carbocycles.